The third-order valence-corrected chi connectivity index (χ3v) is 5.25. The van der Waals surface area contributed by atoms with Crippen molar-refractivity contribution in [3.05, 3.63) is 73.2 Å². The van der Waals surface area contributed by atoms with E-state index in [9.17, 15) is 9.59 Å². The number of fused-ring (bicyclic) bond motifs is 1. The first-order valence-electron chi connectivity index (χ1n) is 8.72. The Kier molecular flexibility index (Phi) is 6.98. The smallest absolute Gasteiger partial charge is 0.319 e. The lowest BCUT2D eigenvalue weighted by molar-refractivity contribution is -0.142. The number of aromatic nitrogens is 2. The molecule has 6 nitrogen and oxygen atoms in total. The zero-order valence-corrected chi connectivity index (χ0v) is 18.4. The summed E-state index contributed by atoms with van der Waals surface area (Å²) in [6.45, 7) is 2.82. The van der Waals surface area contributed by atoms with E-state index in [-0.39, 0.29) is 31.2 Å². The number of ether oxygens (including phenoxy) is 1. The summed E-state index contributed by atoms with van der Waals surface area (Å²) in [5.41, 5.74) is 1.55. The van der Waals surface area contributed by atoms with Gasteiger partial charge >= 0.3 is 5.97 Å². The Morgan fingerprint density at radius 3 is 2.71 bits per heavy atom. The van der Waals surface area contributed by atoms with Crippen LogP contribution in [0.4, 0.5) is 0 Å². The van der Waals surface area contributed by atoms with Gasteiger partial charge in [-0.05, 0) is 40.5 Å². The van der Waals surface area contributed by atoms with E-state index >= 15 is 0 Å². The third kappa shape index (κ3) is 5.06. The van der Waals surface area contributed by atoms with Gasteiger partial charge < -0.3 is 10.1 Å². The minimum absolute atomic E-state index is 0.106. The van der Waals surface area contributed by atoms with E-state index in [0.29, 0.717) is 23.3 Å². The molecule has 0 aliphatic heterocycles. The van der Waals surface area contributed by atoms with Crippen LogP contribution >= 0.6 is 31.9 Å². The molecule has 0 bridgehead atoms. The van der Waals surface area contributed by atoms with Gasteiger partial charge in [0.05, 0.1) is 24.0 Å². The molecule has 0 unspecified atom stereocenters. The summed E-state index contributed by atoms with van der Waals surface area (Å²) in [4.78, 5) is 29.2. The maximum absolute atomic E-state index is 12.8. The highest BCUT2D eigenvalue weighted by Crippen LogP contribution is 2.25. The molecule has 1 heterocycles. The zero-order valence-electron chi connectivity index (χ0n) is 15.2. The molecule has 0 aliphatic carbocycles. The van der Waals surface area contributed by atoms with Crippen molar-refractivity contribution in [2.45, 2.75) is 20.0 Å². The van der Waals surface area contributed by atoms with Crippen molar-refractivity contribution >= 4 is 48.7 Å². The molecule has 0 saturated carbocycles. The first-order chi connectivity index (χ1) is 13.5. The number of carbonyl (C=O) groups is 1. The molecule has 146 valence electrons. The number of aryl methyl sites for hydroxylation is 1. The molecule has 0 atom stereocenters. The van der Waals surface area contributed by atoms with E-state index in [1.54, 1.807) is 13.0 Å². The van der Waals surface area contributed by atoms with Crippen molar-refractivity contribution in [1.82, 2.24) is 14.9 Å². The molecule has 0 amide bonds. The highest BCUT2D eigenvalue weighted by Gasteiger charge is 2.12. The number of hydrogen-bond donors (Lipinski definition) is 1. The van der Waals surface area contributed by atoms with Crippen molar-refractivity contribution in [1.29, 1.82) is 0 Å². The molecule has 0 spiro atoms. The Labute approximate surface area is 179 Å². The highest BCUT2D eigenvalue weighted by molar-refractivity contribution is 9.11. The quantitative estimate of drug-likeness (QED) is 0.494. The summed E-state index contributed by atoms with van der Waals surface area (Å²) < 4.78 is 8.30. The van der Waals surface area contributed by atoms with Crippen LogP contribution in [0.5, 0.6) is 0 Å². The number of rotatable bonds is 7. The number of nitrogens with zero attached hydrogens (tertiary/aromatic N) is 2. The fourth-order valence-electron chi connectivity index (χ4n) is 2.83. The molecule has 0 radical (unpaired) electrons. The lowest BCUT2D eigenvalue weighted by Gasteiger charge is -2.12. The van der Waals surface area contributed by atoms with Gasteiger partial charge in [0.15, 0.2) is 0 Å². The highest BCUT2D eigenvalue weighted by atomic mass is 79.9. The standard InChI is InChI=1S/C20H19Br2N3O3/c1-13-24-19-16(9-15(21)10-17(19)22)20(27)25(13)7-8-28-18(26)12-23-11-14-5-3-2-4-6-14/h2-6,9-10,23H,7-8,11-12H2,1H3. The Morgan fingerprint density at radius 1 is 1.21 bits per heavy atom. The molecule has 1 N–H and O–H groups in total. The van der Waals surface area contributed by atoms with Crippen molar-refractivity contribution in [2.24, 2.45) is 0 Å². The fraction of sp³-hybridized carbons (Fsp3) is 0.250. The zero-order chi connectivity index (χ0) is 20.1. The van der Waals surface area contributed by atoms with Crippen LogP contribution in [0.15, 0.2) is 56.2 Å². The van der Waals surface area contributed by atoms with Crippen LogP contribution in [0.25, 0.3) is 10.9 Å². The van der Waals surface area contributed by atoms with Gasteiger partial charge in [0.2, 0.25) is 0 Å². The molecule has 3 aromatic rings. The van der Waals surface area contributed by atoms with Gasteiger partial charge in [-0.25, -0.2) is 4.98 Å². The summed E-state index contributed by atoms with van der Waals surface area (Å²) in [5, 5.41) is 3.55. The largest absolute Gasteiger partial charge is 0.463 e. The van der Waals surface area contributed by atoms with Gasteiger partial charge in [-0.2, -0.15) is 0 Å². The molecule has 0 saturated heterocycles. The van der Waals surface area contributed by atoms with Gasteiger partial charge in [-0.15, -0.1) is 0 Å². The van der Waals surface area contributed by atoms with E-state index in [0.717, 1.165) is 14.5 Å². The van der Waals surface area contributed by atoms with Gasteiger partial charge in [-0.3, -0.25) is 14.2 Å². The minimum Gasteiger partial charge on any atom is -0.463 e. The van der Waals surface area contributed by atoms with Gasteiger partial charge in [-0.1, -0.05) is 46.3 Å². The second-order valence-electron chi connectivity index (χ2n) is 6.21. The molecular weight excluding hydrogens is 490 g/mol. The molecule has 2 aromatic carbocycles. The third-order valence-electron chi connectivity index (χ3n) is 4.19. The topological polar surface area (TPSA) is 73.2 Å². The molecule has 0 aliphatic rings. The normalized spacial score (nSPS) is 11.0. The molecule has 28 heavy (non-hydrogen) atoms. The van der Waals surface area contributed by atoms with E-state index in [1.807, 2.05) is 36.4 Å². The van der Waals surface area contributed by atoms with Crippen LogP contribution in [0.2, 0.25) is 0 Å². The average Bonchev–Trinajstić information content (AvgIpc) is 2.66. The number of esters is 1. The summed E-state index contributed by atoms with van der Waals surface area (Å²) in [5.74, 6) is 0.208. The Bertz CT molecular complexity index is 1050. The number of halogens is 2. The van der Waals surface area contributed by atoms with E-state index in [1.165, 1.54) is 4.57 Å². The fourth-order valence-corrected chi connectivity index (χ4v) is 4.14. The van der Waals surface area contributed by atoms with Crippen LogP contribution < -0.4 is 10.9 Å². The second kappa shape index (κ2) is 9.45. The Hall–Kier alpha value is -2.03. The van der Waals surface area contributed by atoms with Crippen LogP contribution in [-0.4, -0.2) is 28.7 Å². The molecule has 3 rings (SSSR count). The first kappa shape index (κ1) is 20.7. The summed E-state index contributed by atoms with van der Waals surface area (Å²) in [6, 6.07) is 13.4. The monoisotopic (exact) mass is 507 g/mol. The molecular formula is C20H19Br2N3O3. The van der Waals surface area contributed by atoms with E-state index < -0.39 is 0 Å². The van der Waals surface area contributed by atoms with Crippen molar-refractivity contribution in [2.75, 3.05) is 13.2 Å². The first-order valence-corrected chi connectivity index (χ1v) is 10.3. The molecule has 0 fully saturated rings. The Balaban J connectivity index is 1.58. The minimum atomic E-state index is -0.360. The predicted octanol–water partition coefficient (Wildman–Crippen LogP) is 3.56. The van der Waals surface area contributed by atoms with Crippen LogP contribution in [-0.2, 0) is 22.6 Å². The average molecular weight is 509 g/mol. The number of nitrogens with one attached hydrogen (secondary N) is 1. The maximum atomic E-state index is 12.8. The van der Waals surface area contributed by atoms with E-state index in [4.69, 9.17) is 4.74 Å². The number of carbonyl (C=O) groups excluding carboxylic acids is 1. The lowest BCUT2D eigenvalue weighted by atomic mass is 10.2. The van der Waals surface area contributed by atoms with Crippen molar-refractivity contribution in [3.8, 4) is 0 Å². The second-order valence-corrected chi connectivity index (χ2v) is 7.98. The molecule has 8 heteroatoms. The van der Waals surface area contributed by atoms with E-state index in [2.05, 4.69) is 42.2 Å². The van der Waals surface area contributed by atoms with Gasteiger partial charge in [0.25, 0.3) is 5.56 Å². The van der Waals surface area contributed by atoms with Gasteiger partial charge in [0.1, 0.15) is 12.4 Å². The van der Waals surface area contributed by atoms with Crippen molar-refractivity contribution < 1.29 is 9.53 Å². The predicted molar refractivity (Wildman–Crippen MR) is 115 cm³/mol. The van der Waals surface area contributed by atoms with Crippen LogP contribution in [0.3, 0.4) is 0 Å². The maximum Gasteiger partial charge on any atom is 0.319 e. The van der Waals surface area contributed by atoms with Crippen LogP contribution in [0, 0.1) is 6.92 Å². The van der Waals surface area contributed by atoms with Gasteiger partial charge in [0, 0.05) is 15.5 Å². The number of hydrogen-bond acceptors (Lipinski definition) is 5. The van der Waals surface area contributed by atoms with Crippen molar-refractivity contribution in [3.63, 3.8) is 0 Å². The summed E-state index contributed by atoms with van der Waals surface area (Å²) in [7, 11) is 0. The lowest BCUT2D eigenvalue weighted by Crippen LogP contribution is -2.29. The summed E-state index contributed by atoms with van der Waals surface area (Å²) >= 11 is 6.83. The SMILES string of the molecule is Cc1nc2c(Br)cc(Br)cc2c(=O)n1CCOC(=O)CNCc1ccccc1. The summed E-state index contributed by atoms with van der Waals surface area (Å²) in [6.07, 6.45) is 0. The van der Waals surface area contributed by atoms with Crippen LogP contribution in [0.1, 0.15) is 11.4 Å². The Morgan fingerprint density at radius 2 is 1.96 bits per heavy atom. The molecule has 1 aromatic heterocycles. The number of benzene rings is 2.